The Labute approximate surface area is 165 Å². The number of thioether (sulfide) groups is 1. The minimum atomic E-state index is -4.72. The number of halogens is 4. The number of rotatable bonds is 3. The van der Waals surface area contributed by atoms with Crippen LogP contribution < -0.4 is 10.1 Å². The number of nitriles is 1. The van der Waals surface area contributed by atoms with Gasteiger partial charge in [0.25, 0.3) is 11.1 Å². The van der Waals surface area contributed by atoms with E-state index < -0.39 is 28.6 Å². The van der Waals surface area contributed by atoms with Crippen molar-refractivity contribution in [2.75, 3.05) is 0 Å². The first kappa shape index (κ1) is 19.8. The van der Waals surface area contributed by atoms with E-state index in [9.17, 15) is 22.8 Å². The molecular formula is C18H8ClF3N2O3S. The van der Waals surface area contributed by atoms with Gasteiger partial charge in [0.2, 0.25) is 0 Å². The minimum Gasteiger partial charge on any atom is -0.454 e. The van der Waals surface area contributed by atoms with E-state index in [-0.39, 0.29) is 21.2 Å². The number of hydrogen-bond acceptors (Lipinski definition) is 5. The highest BCUT2D eigenvalue weighted by molar-refractivity contribution is 8.18. The van der Waals surface area contributed by atoms with Gasteiger partial charge in [-0.1, -0.05) is 23.7 Å². The first-order chi connectivity index (χ1) is 13.2. The van der Waals surface area contributed by atoms with Crippen molar-refractivity contribution in [2.24, 2.45) is 0 Å². The molecule has 0 bridgehead atoms. The van der Waals surface area contributed by atoms with Crippen LogP contribution in [-0.4, -0.2) is 11.1 Å². The lowest BCUT2D eigenvalue weighted by atomic mass is 10.1. The Bertz CT molecular complexity index is 1060. The zero-order valence-corrected chi connectivity index (χ0v) is 15.2. The number of nitrogens with zero attached hydrogens (tertiary/aromatic N) is 1. The van der Waals surface area contributed by atoms with Gasteiger partial charge in [-0.05, 0) is 47.7 Å². The van der Waals surface area contributed by atoms with Crippen molar-refractivity contribution >= 4 is 40.6 Å². The van der Waals surface area contributed by atoms with E-state index in [4.69, 9.17) is 21.6 Å². The monoisotopic (exact) mass is 424 g/mol. The van der Waals surface area contributed by atoms with E-state index in [2.05, 4.69) is 5.32 Å². The maximum atomic E-state index is 13.2. The number of para-hydroxylation sites is 1. The number of ether oxygens (including phenoxy) is 1. The molecule has 1 aliphatic rings. The van der Waals surface area contributed by atoms with Crippen LogP contribution in [0.15, 0.2) is 41.3 Å². The molecule has 0 saturated carbocycles. The number of imide groups is 1. The second-order valence-corrected chi connectivity index (χ2v) is 6.86. The van der Waals surface area contributed by atoms with Crippen LogP contribution in [-0.2, 0) is 11.0 Å². The lowest BCUT2D eigenvalue weighted by Crippen LogP contribution is -2.17. The molecule has 5 nitrogen and oxygen atoms in total. The number of nitrogens with one attached hydrogen (secondary N) is 1. The predicted molar refractivity (Wildman–Crippen MR) is 96.8 cm³/mol. The molecule has 0 unspecified atom stereocenters. The highest BCUT2D eigenvalue weighted by atomic mass is 35.5. The fourth-order valence-electron chi connectivity index (χ4n) is 2.33. The molecule has 0 spiro atoms. The largest absolute Gasteiger partial charge is 0.454 e. The summed E-state index contributed by atoms with van der Waals surface area (Å²) in [5.74, 6) is -1.30. The number of carbonyl (C=O) groups is 2. The summed E-state index contributed by atoms with van der Waals surface area (Å²) in [5, 5.41) is 10.7. The number of alkyl halides is 3. The molecule has 2 aromatic carbocycles. The molecule has 0 aliphatic carbocycles. The SMILES string of the molecule is N#Cc1cccc(C(F)(F)F)c1Oc1ccc(C=C2SC(=O)NC2=O)cc1Cl. The zero-order chi connectivity index (χ0) is 20.5. The van der Waals surface area contributed by atoms with Crippen molar-refractivity contribution in [1.82, 2.24) is 5.32 Å². The van der Waals surface area contributed by atoms with Gasteiger partial charge < -0.3 is 4.74 Å². The van der Waals surface area contributed by atoms with Gasteiger partial charge >= 0.3 is 6.18 Å². The van der Waals surface area contributed by atoms with Crippen molar-refractivity contribution < 1.29 is 27.5 Å². The molecule has 1 fully saturated rings. The highest BCUT2D eigenvalue weighted by Crippen LogP contribution is 2.41. The maximum Gasteiger partial charge on any atom is 0.420 e. The van der Waals surface area contributed by atoms with Crippen LogP contribution in [0.2, 0.25) is 5.02 Å². The first-order valence-corrected chi connectivity index (χ1v) is 8.71. The number of carbonyl (C=O) groups excluding carboxylic acids is 2. The third-order valence-electron chi connectivity index (χ3n) is 3.55. The van der Waals surface area contributed by atoms with Crippen LogP contribution in [0.3, 0.4) is 0 Å². The Morgan fingerprint density at radius 1 is 1.21 bits per heavy atom. The zero-order valence-electron chi connectivity index (χ0n) is 13.6. The normalized spacial score (nSPS) is 15.5. The van der Waals surface area contributed by atoms with E-state index in [1.807, 2.05) is 0 Å². The highest BCUT2D eigenvalue weighted by Gasteiger charge is 2.36. The van der Waals surface area contributed by atoms with Crippen molar-refractivity contribution in [3.05, 3.63) is 63.0 Å². The standard InChI is InChI=1S/C18H8ClF3N2O3S/c19-12-6-9(7-14-16(25)24-17(26)28-14)4-5-13(12)27-15-10(8-23)2-1-3-11(15)18(20,21)22/h1-7H,(H,24,25,26). The molecule has 3 rings (SSSR count). The third-order valence-corrected chi connectivity index (χ3v) is 4.65. The molecule has 142 valence electrons. The summed E-state index contributed by atoms with van der Waals surface area (Å²) in [6.07, 6.45) is -3.32. The average molecular weight is 425 g/mol. The van der Waals surface area contributed by atoms with Crippen LogP contribution >= 0.6 is 23.4 Å². The molecule has 10 heteroatoms. The summed E-state index contributed by atoms with van der Waals surface area (Å²) in [5.41, 5.74) is -0.963. The lowest BCUT2D eigenvalue weighted by molar-refractivity contribution is -0.138. The summed E-state index contributed by atoms with van der Waals surface area (Å²) in [4.78, 5) is 22.9. The number of hydrogen-bond donors (Lipinski definition) is 1. The molecule has 1 saturated heterocycles. The Morgan fingerprint density at radius 2 is 1.96 bits per heavy atom. The molecule has 1 N–H and O–H groups in total. The van der Waals surface area contributed by atoms with E-state index in [0.717, 1.165) is 12.1 Å². The molecule has 2 aromatic rings. The molecule has 0 radical (unpaired) electrons. The molecule has 0 aromatic heterocycles. The van der Waals surface area contributed by atoms with Crippen LogP contribution in [0.25, 0.3) is 6.08 Å². The van der Waals surface area contributed by atoms with Gasteiger partial charge in [0, 0.05) is 0 Å². The van der Waals surface area contributed by atoms with Crippen LogP contribution in [0.5, 0.6) is 11.5 Å². The van der Waals surface area contributed by atoms with E-state index in [0.29, 0.717) is 17.3 Å². The van der Waals surface area contributed by atoms with Gasteiger partial charge in [-0.2, -0.15) is 18.4 Å². The van der Waals surface area contributed by atoms with Gasteiger partial charge in [-0.15, -0.1) is 0 Å². The van der Waals surface area contributed by atoms with Gasteiger partial charge in [0.15, 0.2) is 5.75 Å². The quantitative estimate of drug-likeness (QED) is 0.672. The number of benzene rings is 2. The van der Waals surface area contributed by atoms with E-state index in [1.165, 1.54) is 30.3 Å². The number of amides is 2. The minimum absolute atomic E-state index is 0.0371. The van der Waals surface area contributed by atoms with Crippen LogP contribution in [0.4, 0.5) is 18.0 Å². The molecule has 1 heterocycles. The Hall–Kier alpha value is -2.96. The molecule has 0 atom stereocenters. The summed E-state index contributed by atoms with van der Waals surface area (Å²) in [7, 11) is 0. The van der Waals surface area contributed by atoms with Crippen LogP contribution in [0.1, 0.15) is 16.7 Å². The third kappa shape index (κ3) is 4.13. The fourth-order valence-corrected chi connectivity index (χ4v) is 3.24. The van der Waals surface area contributed by atoms with Crippen molar-refractivity contribution in [1.29, 1.82) is 5.26 Å². The summed E-state index contributed by atoms with van der Waals surface area (Å²) in [6, 6.07) is 8.89. The smallest absolute Gasteiger partial charge is 0.420 e. The summed E-state index contributed by atoms with van der Waals surface area (Å²) in [6.45, 7) is 0. The average Bonchev–Trinajstić information content (AvgIpc) is 2.93. The van der Waals surface area contributed by atoms with Gasteiger partial charge in [-0.25, -0.2) is 0 Å². The van der Waals surface area contributed by atoms with E-state index >= 15 is 0 Å². The molecule has 1 aliphatic heterocycles. The van der Waals surface area contributed by atoms with Gasteiger partial charge in [0.05, 0.1) is 21.1 Å². The predicted octanol–water partition coefficient (Wildman–Crippen LogP) is 5.35. The second-order valence-electron chi connectivity index (χ2n) is 5.44. The topological polar surface area (TPSA) is 79.2 Å². The van der Waals surface area contributed by atoms with Crippen molar-refractivity contribution in [3.63, 3.8) is 0 Å². The van der Waals surface area contributed by atoms with Crippen molar-refractivity contribution in [3.8, 4) is 17.6 Å². The Kier molecular flexibility index (Phi) is 5.36. The molecule has 2 amide bonds. The van der Waals surface area contributed by atoms with Gasteiger partial charge in [0.1, 0.15) is 11.8 Å². The summed E-state index contributed by atoms with van der Waals surface area (Å²) >= 11 is 6.82. The Morgan fingerprint density at radius 3 is 2.54 bits per heavy atom. The van der Waals surface area contributed by atoms with Crippen molar-refractivity contribution in [2.45, 2.75) is 6.18 Å². The first-order valence-electron chi connectivity index (χ1n) is 7.51. The Balaban J connectivity index is 1.95. The molecular weight excluding hydrogens is 417 g/mol. The lowest BCUT2D eigenvalue weighted by Gasteiger charge is -2.15. The maximum absolute atomic E-state index is 13.2. The van der Waals surface area contributed by atoms with Gasteiger partial charge in [-0.3, -0.25) is 14.9 Å². The van der Waals surface area contributed by atoms with Crippen LogP contribution in [0, 0.1) is 11.3 Å². The second kappa shape index (κ2) is 7.58. The van der Waals surface area contributed by atoms with E-state index in [1.54, 1.807) is 6.07 Å². The fraction of sp³-hybridized carbons (Fsp3) is 0.0556. The molecule has 28 heavy (non-hydrogen) atoms. The summed E-state index contributed by atoms with van der Waals surface area (Å²) < 4.78 is 45.0.